The second kappa shape index (κ2) is 8.52. The van der Waals surface area contributed by atoms with Crippen LogP contribution < -0.4 is 10.8 Å². The largest absolute Gasteiger partial charge is 0.494 e. The molecule has 0 radical (unpaired) electrons. The van der Waals surface area contributed by atoms with Crippen molar-refractivity contribution in [3.63, 3.8) is 0 Å². The van der Waals surface area contributed by atoms with Gasteiger partial charge in [0.25, 0.3) is 0 Å². The number of likely N-dealkylation sites (N-methyl/N-ethyl adjacent to an activating group) is 1. The number of rotatable bonds is 5. The number of amides is 1. The molecule has 0 saturated carbocycles. The average Bonchev–Trinajstić information content (AvgIpc) is 3.49. The highest BCUT2D eigenvalue weighted by atomic mass is 16.7. The van der Waals surface area contributed by atoms with E-state index in [1.165, 1.54) is 0 Å². The third kappa shape index (κ3) is 4.04. The molecule has 2 aliphatic heterocycles. The molecule has 0 bridgehead atoms. The zero-order chi connectivity index (χ0) is 24.1. The van der Waals surface area contributed by atoms with Crippen LogP contribution in [0.1, 0.15) is 52.4 Å². The van der Waals surface area contributed by atoms with Gasteiger partial charge in [-0.15, -0.1) is 0 Å². The maximum absolute atomic E-state index is 12.5. The third-order valence-electron chi connectivity index (χ3n) is 7.49. The summed E-state index contributed by atoms with van der Waals surface area (Å²) >= 11 is 0. The van der Waals surface area contributed by atoms with Crippen molar-refractivity contribution in [3.8, 4) is 11.1 Å². The van der Waals surface area contributed by atoms with E-state index in [9.17, 15) is 4.79 Å². The Morgan fingerprint density at radius 1 is 1.12 bits per heavy atom. The summed E-state index contributed by atoms with van der Waals surface area (Å²) < 4.78 is 12.4. The molecule has 0 aliphatic carbocycles. The van der Waals surface area contributed by atoms with Crippen molar-refractivity contribution < 1.29 is 14.1 Å². The van der Waals surface area contributed by atoms with Crippen LogP contribution in [0.25, 0.3) is 22.2 Å². The number of fused-ring (bicyclic) bond motifs is 1. The highest BCUT2D eigenvalue weighted by molar-refractivity contribution is 6.62. The summed E-state index contributed by atoms with van der Waals surface area (Å²) in [4.78, 5) is 22.7. The number of aromatic nitrogens is 2. The highest BCUT2D eigenvalue weighted by Gasteiger charge is 2.51. The van der Waals surface area contributed by atoms with E-state index in [0.717, 1.165) is 52.8 Å². The van der Waals surface area contributed by atoms with E-state index in [-0.39, 0.29) is 30.3 Å². The number of carbonyl (C=O) groups is 1. The van der Waals surface area contributed by atoms with Crippen LogP contribution in [0.3, 0.4) is 0 Å². The number of nitrogens with zero attached hydrogens (tertiary/aromatic N) is 2. The van der Waals surface area contributed by atoms with E-state index in [1.54, 1.807) is 7.05 Å². The second-order valence-electron chi connectivity index (χ2n) is 10.3. The van der Waals surface area contributed by atoms with E-state index < -0.39 is 0 Å². The van der Waals surface area contributed by atoms with Crippen LogP contribution in [0.5, 0.6) is 0 Å². The number of likely N-dealkylation sites (tertiary alicyclic amines) is 1. The van der Waals surface area contributed by atoms with Crippen LogP contribution in [-0.4, -0.2) is 59.2 Å². The first-order valence-electron chi connectivity index (χ1n) is 12.1. The molecule has 2 N–H and O–H groups in total. The van der Waals surface area contributed by atoms with Crippen LogP contribution in [0.15, 0.2) is 42.5 Å². The fourth-order valence-corrected chi connectivity index (χ4v) is 4.78. The molecule has 178 valence electrons. The zero-order valence-electron chi connectivity index (χ0n) is 20.6. The van der Waals surface area contributed by atoms with Gasteiger partial charge in [-0.2, -0.15) is 0 Å². The van der Waals surface area contributed by atoms with Crippen LogP contribution in [0.4, 0.5) is 0 Å². The van der Waals surface area contributed by atoms with Gasteiger partial charge in [0.15, 0.2) is 0 Å². The van der Waals surface area contributed by atoms with Crippen molar-refractivity contribution in [3.05, 3.63) is 48.3 Å². The fourth-order valence-electron chi connectivity index (χ4n) is 4.78. The fraction of sp³-hybridized carbons (Fsp3) is 0.462. The monoisotopic (exact) mass is 460 g/mol. The van der Waals surface area contributed by atoms with Crippen LogP contribution in [0.2, 0.25) is 0 Å². The Kier molecular flexibility index (Phi) is 5.78. The average molecular weight is 460 g/mol. The lowest BCUT2D eigenvalue weighted by Crippen LogP contribution is -2.41. The van der Waals surface area contributed by atoms with Gasteiger partial charge in [-0.05, 0) is 76.3 Å². The standard InChI is InChI=1S/C26H33BN4O3/c1-25(2)26(3,4)34-27(33-25)19-11-8-17(9-12-19)18-10-13-20-21(15-18)30-24(29-20)22-7-6-14-31(22)23(32)16-28-5/h8-13,15,22,28H,6-7,14,16H2,1-5H3,(H,29,30). The minimum atomic E-state index is -0.364. The maximum Gasteiger partial charge on any atom is 0.494 e. The van der Waals surface area contributed by atoms with Crippen molar-refractivity contribution in [2.45, 2.75) is 57.8 Å². The molecule has 34 heavy (non-hydrogen) atoms. The summed E-state index contributed by atoms with van der Waals surface area (Å²) in [5.41, 5.74) is 4.43. The second-order valence-corrected chi connectivity index (χ2v) is 10.3. The Balaban J connectivity index is 1.37. The number of hydrogen-bond acceptors (Lipinski definition) is 5. The molecule has 1 aromatic heterocycles. The van der Waals surface area contributed by atoms with Gasteiger partial charge in [-0.25, -0.2) is 4.98 Å². The minimum absolute atomic E-state index is 0.0101. The van der Waals surface area contributed by atoms with Crippen molar-refractivity contribution in [2.24, 2.45) is 0 Å². The summed E-state index contributed by atoms with van der Waals surface area (Å²) in [5.74, 6) is 0.985. The zero-order valence-corrected chi connectivity index (χ0v) is 20.6. The predicted molar refractivity (Wildman–Crippen MR) is 135 cm³/mol. The lowest BCUT2D eigenvalue weighted by atomic mass is 9.78. The van der Waals surface area contributed by atoms with E-state index in [0.29, 0.717) is 6.54 Å². The number of imidazole rings is 1. The molecule has 0 spiro atoms. The smallest absolute Gasteiger partial charge is 0.399 e. The molecule has 8 heteroatoms. The number of hydrogen-bond donors (Lipinski definition) is 2. The van der Waals surface area contributed by atoms with Crippen molar-refractivity contribution in [1.29, 1.82) is 0 Å². The normalized spacial score (nSPS) is 21.5. The molecule has 2 aromatic carbocycles. The quantitative estimate of drug-likeness (QED) is 0.571. The van der Waals surface area contributed by atoms with E-state index >= 15 is 0 Å². The van der Waals surface area contributed by atoms with Gasteiger partial charge in [0.1, 0.15) is 5.82 Å². The Labute approximate surface area is 201 Å². The first-order valence-corrected chi connectivity index (χ1v) is 12.1. The van der Waals surface area contributed by atoms with Gasteiger partial charge in [-0.1, -0.05) is 30.3 Å². The van der Waals surface area contributed by atoms with Gasteiger partial charge in [-0.3, -0.25) is 4.79 Å². The minimum Gasteiger partial charge on any atom is -0.399 e. The predicted octanol–water partition coefficient (Wildman–Crippen LogP) is 3.41. The SMILES string of the molecule is CNCC(=O)N1CCCC1c1nc2ccc(-c3ccc(B4OC(C)(C)C(C)(C)O4)cc3)cc2[nH]1. The number of H-pyrrole nitrogens is 1. The lowest BCUT2D eigenvalue weighted by Gasteiger charge is -2.32. The summed E-state index contributed by atoms with van der Waals surface area (Å²) in [6.45, 7) is 9.39. The highest BCUT2D eigenvalue weighted by Crippen LogP contribution is 2.37. The van der Waals surface area contributed by atoms with E-state index in [2.05, 4.69) is 74.4 Å². The molecule has 1 unspecified atom stereocenters. The summed E-state index contributed by atoms with van der Waals surface area (Å²) in [6, 6.07) is 14.6. The topological polar surface area (TPSA) is 79.5 Å². The number of aromatic amines is 1. The lowest BCUT2D eigenvalue weighted by molar-refractivity contribution is -0.131. The van der Waals surface area contributed by atoms with Gasteiger partial charge in [0, 0.05) is 6.54 Å². The molecule has 3 heterocycles. The number of nitrogens with one attached hydrogen (secondary N) is 2. The Morgan fingerprint density at radius 3 is 2.47 bits per heavy atom. The third-order valence-corrected chi connectivity index (χ3v) is 7.49. The van der Waals surface area contributed by atoms with Crippen molar-refractivity contribution in [2.75, 3.05) is 20.1 Å². The first-order chi connectivity index (χ1) is 16.2. The molecular formula is C26H33BN4O3. The van der Waals surface area contributed by atoms with Crippen molar-refractivity contribution in [1.82, 2.24) is 20.2 Å². The molecule has 2 aliphatic rings. The molecule has 7 nitrogen and oxygen atoms in total. The Bertz CT molecular complexity index is 1190. The summed E-state index contributed by atoms with van der Waals surface area (Å²) in [5, 5.41) is 2.96. The Hall–Kier alpha value is -2.68. The molecule has 1 amide bonds. The van der Waals surface area contributed by atoms with Crippen LogP contribution in [0, 0.1) is 0 Å². The summed E-state index contributed by atoms with van der Waals surface area (Å²) in [6.07, 6.45) is 1.93. The Morgan fingerprint density at radius 2 is 1.79 bits per heavy atom. The van der Waals surface area contributed by atoms with Gasteiger partial charge < -0.3 is 24.5 Å². The molecule has 5 rings (SSSR count). The first kappa shape index (κ1) is 23.1. The van der Waals surface area contributed by atoms with Crippen LogP contribution >= 0.6 is 0 Å². The van der Waals surface area contributed by atoms with Crippen molar-refractivity contribution >= 4 is 29.5 Å². The molecule has 2 saturated heterocycles. The number of carbonyl (C=O) groups excluding carboxylic acids is 1. The van der Waals surface area contributed by atoms with Crippen LogP contribution in [-0.2, 0) is 14.1 Å². The molecule has 1 atom stereocenters. The van der Waals surface area contributed by atoms with Gasteiger partial charge in [0.05, 0.1) is 34.8 Å². The number of benzene rings is 2. The molecule has 3 aromatic rings. The summed E-state index contributed by atoms with van der Waals surface area (Å²) in [7, 11) is 1.44. The molecule has 2 fully saturated rings. The molecular weight excluding hydrogens is 427 g/mol. The van der Waals surface area contributed by atoms with Gasteiger partial charge >= 0.3 is 7.12 Å². The maximum atomic E-state index is 12.5. The van der Waals surface area contributed by atoms with E-state index in [4.69, 9.17) is 14.3 Å². The van der Waals surface area contributed by atoms with E-state index in [1.807, 2.05) is 11.0 Å². The van der Waals surface area contributed by atoms with Gasteiger partial charge in [0.2, 0.25) is 5.91 Å².